The van der Waals surface area contributed by atoms with Gasteiger partial charge in [0.15, 0.2) is 0 Å². The highest BCUT2D eigenvalue weighted by molar-refractivity contribution is 7.92. The van der Waals surface area contributed by atoms with E-state index in [1.54, 1.807) is 36.4 Å². The highest BCUT2D eigenvalue weighted by Gasteiger charge is 2.16. The fourth-order valence-corrected chi connectivity index (χ4v) is 4.48. The molecule has 32 heavy (non-hydrogen) atoms. The Balaban J connectivity index is 1.71. The van der Waals surface area contributed by atoms with Gasteiger partial charge in [0.2, 0.25) is 5.91 Å². The highest BCUT2D eigenvalue weighted by Crippen LogP contribution is 2.23. The number of nitrogens with one attached hydrogen (secondary N) is 2. The van der Waals surface area contributed by atoms with Gasteiger partial charge in [0, 0.05) is 12.6 Å². The van der Waals surface area contributed by atoms with Crippen LogP contribution in [0.2, 0.25) is 0 Å². The molecule has 0 saturated carbocycles. The zero-order chi connectivity index (χ0) is 23.1. The molecule has 3 aromatic carbocycles. The topological polar surface area (TPSA) is 113 Å². The molecule has 0 aliphatic carbocycles. The maximum Gasteiger partial charge on any atom is 0.335 e. The summed E-state index contributed by atoms with van der Waals surface area (Å²) in [6.45, 7) is 1.38. The number of carbonyl (C=O) groups excluding carboxylic acids is 1. The number of hydrogen-bond donors (Lipinski definition) is 3. The van der Waals surface area contributed by atoms with Gasteiger partial charge >= 0.3 is 5.97 Å². The van der Waals surface area contributed by atoms with Crippen LogP contribution in [0.1, 0.15) is 34.8 Å². The molecule has 3 aromatic rings. The smallest absolute Gasteiger partial charge is 0.335 e. The molecule has 3 rings (SSSR count). The molecular formula is C24H24N2O5S. The number of aryl methyl sites for hydroxylation is 2. The van der Waals surface area contributed by atoms with Crippen molar-refractivity contribution in [1.82, 2.24) is 0 Å². The van der Waals surface area contributed by atoms with Gasteiger partial charge in [0.25, 0.3) is 10.0 Å². The Morgan fingerprint density at radius 2 is 1.44 bits per heavy atom. The second-order valence-corrected chi connectivity index (χ2v) is 8.97. The van der Waals surface area contributed by atoms with Crippen molar-refractivity contribution in [2.45, 2.75) is 31.1 Å². The number of benzene rings is 3. The Morgan fingerprint density at radius 3 is 2.09 bits per heavy atom. The van der Waals surface area contributed by atoms with Crippen LogP contribution in [0.15, 0.2) is 77.7 Å². The summed E-state index contributed by atoms with van der Waals surface area (Å²) in [4.78, 5) is 22.6. The molecule has 0 aliphatic heterocycles. The quantitative estimate of drug-likeness (QED) is 0.448. The summed E-state index contributed by atoms with van der Waals surface area (Å²) in [7, 11) is -3.82. The number of hydrogen-bond acceptors (Lipinski definition) is 4. The van der Waals surface area contributed by atoms with E-state index in [0.29, 0.717) is 30.6 Å². The van der Waals surface area contributed by atoms with Gasteiger partial charge in [-0.25, -0.2) is 13.2 Å². The molecule has 0 fully saturated rings. The van der Waals surface area contributed by atoms with Crippen LogP contribution in [-0.4, -0.2) is 25.4 Å². The van der Waals surface area contributed by atoms with Crippen LogP contribution in [0.25, 0.3) is 0 Å². The molecular weight excluding hydrogens is 428 g/mol. The van der Waals surface area contributed by atoms with E-state index in [4.69, 9.17) is 0 Å². The Kier molecular flexibility index (Phi) is 7.27. The van der Waals surface area contributed by atoms with Crippen LogP contribution < -0.4 is 10.0 Å². The van der Waals surface area contributed by atoms with Gasteiger partial charge in [-0.1, -0.05) is 36.4 Å². The fourth-order valence-electron chi connectivity index (χ4n) is 3.38. The molecule has 0 aliphatic rings. The monoisotopic (exact) mass is 452 g/mol. The van der Waals surface area contributed by atoms with Crippen LogP contribution in [0, 0.1) is 0 Å². The minimum absolute atomic E-state index is 0.0804. The third kappa shape index (κ3) is 5.95. The van der Waals surface area contributed by atoms with Crippen LogP contribution in [0.3, 0.4) is 0 Å². The van der Waals surface area contributed by atoms with Crippen molar-refractivity contribution in [1.29, 1.82) is 0 Å². The summed E-state index contributed by atoms with van der Waals surface area (Å²) in [5.41, 5.74) is 2.84. The van der Waals surface area contributed by atoms with Crippen molar-refractivity contribution in [3.63, 3.8) is 0 Å². The van der Waals surface area contributed by atoms with Crippen molar-refractivity contribution >= 4 is 33.3 Å². The summed E-state index contributed by atoms with van der Waals surface area (Å²) >= 11 is 0. The fraction of sp³-hybridized carbons (Fsp3) is 0.167. The maximum atomic E-state index is 12.8. The van der Waals surface area contributed by atoms with Crippen molar-refractivity contribution < 1.29 is 23.1 Å². The number of carboxylic acids is 1. The van der Waals surface area contributed by atoms with E-state index in [-0.39, 0.29) is 16.4 Å². The number of rotatable bonds is 9. The summed E-state index contributed by atoms with van der Waals surface area (Å²) in [5.74, 6) is -1.20. The Bertz CT molecular complexity index is 1220. The molecule has 1 amide bonds. The normalized spacial score (nSPS) is 11.0. The third-order valence-electron chi connectivity index (χ3n) is 4.89. The summed E-state index contributed by atoms with van der Waals surface area (Å²) < 4.78 is 28.3. The number of carboxylic acid groups (broad SMARTS) is 1. The van der Waals surface area contributed by atoms with E-state index >= 15 is 0 Å². The van der Waals surface area contributed by atoms with Crippen molar-refractivity contribution in [3.8, 4) is 0 Å². The summed E-state index contributed by atoms with van der Waals surface area (Å²) in [6, 6.07) is 19.9. The van der Waals surface area contributed by atoms with E-state index < -0.39 is 16.0 Å². The first-order valence-corrected chi connectivity index (χ1v) is 11.5. The van der Waals surface area contributed by atoms with Gasteiger partial charge < -0.3 is 10.4 Å². The van der Waals surface area contributed by atoms with Crippen LogP contribution >= 0.6 is 0 Å². The van der Waals surface area contributed by atoms with E-state index in [1.165, 1.54) is 31.2 Å². The third-order valence-corrected chi connectivity index (χ3v) is 6.27. The minimum atomic E-state index is -3.82. The zero-order valence-corrected chi connectivity index (χ0v) is 18.4. The molecule has 0 bridgehead atoms. The molecule has 0 saturated heterocycles. The second-order valence-electron chi connectivity index (χ2n) is 7.28. The lowest BCUT2D eigenvalue weighted by Crippen LogP contribution is -2.14. The Hall–Kier alpha value is -3.65. The SMILES string of the molecule is CC(=O)Nc1ccc(S(=O)(=O)Nc2ccccc2CCCc2ccccc2C(=O)O)cc1. The molecule has 8 heteroatoms. The molecule has 7 nitrogen and oxygen atoms in total. The van der Waals surface area contributed by atoms with Crippen LogP contribution in [0.4, 0.5) is 11.4 Å². The molecule has 0 atom stereocenters. The van der Waals surface area contributed by atoms with Crippen molar-refractivity contribution in [3.05, 3.63) is 89.5 Å². The molecule has 0 unspecified atom stereocenters. The van der Waals surface area contributed by atoms with Gasteiger partial charge in [-0.3, -0.25) is 9.52 Å². The number of carbonyl (C=O) groups is 2. The van der Waals surface area contributed by atoms with Gasteiger partial charge in [-0.2, -0.15) is 0 Å². The first-order chi connectivity index (χ1) is 15.3. The van der Waals surface area contributed by atoms with Gasteiger partial charge in [-0.05, 0) is 66.8 Å². The molecule has 166 valence electrons. The standard InChI is InChI=1S/C24H24N2O5S/c1-17(27)25-20-13-15-21(16-14-20)32(30,31)26-23-12-5-3-8-19(23)10-6-9-18-7-2-4-11-22(18)24(28)29/h2-5,7-8,11-16,26H,6,9-10H2,1H3,(H,25,27)(H,28,29). The number of amides is 1. The van der Waals surface area contributed by atoms with Crippen LogP contribution in [-0.2, 0) is 27.7 Å². The number of para-hydroxylation sites is 1. The number of aromatic carboxylic acids is 1. The predicted octanol–water partition coefficient (Wildman–Crippen LogP) is 4.32. The Labute approximate surface area is 187 Å². The van der Waals surface area contributed by atoms with E-state index in [2.05, 4.69) is 10.0 Å². The van der Waals surface area contributed by atoms with Gasteiger partial charge in [0.05, 0.1) is 16.1 Å². The second kappa shape index (κ2) is 10.1. The number of anilines is 2. The van der Waals surface area contributed by atoms with Crippen LogP contribution in [0.5, 0.6) is 0 Å². The van der Waals surface area contributed by atoms with E-state index in [0.717, 1.165) is 11.1 Å². The largest absolute Gasteiger partial charge is 0.478 e. The Morgan fingerprint density at radius 1 is 0.844 bits per heavy atom. The first-order valence-electron chi connectivity index (χ1n) is 10.1. The lowest BCUT2D eigenvalue weighted by atomic mass is 9.99. The lowest BCUT2D eigenvalue weighted by molar-refractivity contribution is -0.114. The summed E-state index contributed by atoms with van der Waals surface area (Å²) in [5, 5.41) is 11.9. The molecule has 3 N–H and O–H groups in total. The molecule has 0 spiro atoms. The highest BCUT2D eigenvalue weighted by atomic mass is 32.2. The van der Waals surface area contributed by atoms with Gasteiger partial charge in [0.1, 0.15) is 0 Å². The van der Waals surface area contributed by atoms with Crippen molar-refractivity contribution in [2.24, 2.45) is 0 Å². The average molecular weight is 453 g/mol. The first kappa shape index (κ1) is 23.0. The van der Waals surface area contributed by atoms with Gasteiger partial charge in [-0.15, -0.1) is 0 Å². The molecule has 0 radical (unpaired) electrons. The lowest BCUT2D eigenvalue weighted by Gasteiger charge is -2.13. The number of sulfonamides is 1. The van der Waals surface area contributed by atoms with E-state index in [9.17, 15) is 23.1 Å². The predicted molar refractivity (Wildman–Crippen MR) is 123 cm³/mol. The molecule has 0 aromatic heterocycles. The molecule has 0 heterocycles. The minimum Gasteiger partial charge on any atom is -0.478 e. The average Bonchev–Trinajstić information content (AvgIpc) is 2.75. The van der Waals surface area contributed by atoms with Crippen molar-refractivity contribution in [2.75, 3.05) is 10.0 Å². The zero-order valence-electron chi connectivity index (χ0n) is 17.5. The van der Waals surface area contributed by atoms with E-state index in [1.807, 2.05) is 12.1 Å². The maximum absolute atomic E-state index is 12.8. The summed E-state index contributed by atoms with van der Waals surface area (Å²) in [6.07, 6.45) is 1.80.